The fourth-order valence-electron chi connectivity index (χ4n) is 4.05. The Balaban J connectivity index is 1.45. The smallest absolute Gasteiger partial charge is 0.248 e. The largest absolute Gasteiger partial charge is 0.369 e. The van der Waals surface area contributed by atoms with Gasteiger partial charge >= 0.3 is 0 Å². The lowest BCUT2D eigenvalue weighted by Crippen LogP contribution is -2.40. The second-order valence-electron chi connectivity index (χ2n) is 7.88. The van der Waals surface area contributed by atoms with Gasteiger partial charge in [-0.3, -0.25) is 19.5 Å². The van der Waals surface area contributed by atoms with Gasteiger partial charge in [0, 0.05) is 42.0 Å². The zero-order chi connectivity index (χ0) is 21.6. The number of nitrogens with two attached hydrogens (primary N) is 1. The second-order valence-corrected chi connectivity index (χ2v) is 7.88. The maximum atomic E-state index is 12.6. The van der Waals surface area contributed by atoms with Gasteiger partial charge in [-0.05, 0) is 43.2 Å². The highest BCUT2D eigenvalue weighted by Gasteiger charge is 2.24. The topological polar surface area (TPSA) is 88.3 Å². The monoisotopic (exact) mass is 414 g/mol. The number of piperidine rings is 1. The number of carbonyl (C=O) groups excluding carboxylic acids is 2. The number of amides is 2. The van der Waals surface area contributed by atoms with E-state index in [9.17, 15) is 9.59 Å². The number of aromatic nitrogens is 1. The molecule has 31 heavy (non-hydrogen) atoms. The van der Waals surface area contributed by atoms with Crippen molar-refractivity contribution in [3.63, 3.8) is 0 Å². The molecule has 0 saturated carbocycles. The van der Waals surface area contributed by atoms with Crippen LogP contribution in [0, 0.1) is 5.92 Å². The highest BCUT2D eigenvalue weighted by atomic mass is 16.1. The van der Waals surface area contributed by atoms with Crippen LogP contribution in [0.5, 0.6) is 0 Å². The van der Waals surface area contributed by atoms with Crippen LogP contribution in [0.3, 0.4) is 0 Å². The minimum absolute atomic E-state index is 0.104. The van der Waals surface area contributed by atoms with E-state index in [0.717, 1.165) is 47.1 Å². The SMILES string of the molecule is NC(=O)C1CCCN(Cc2ccccc2NC(=O)/C=C/c2cccc3cccnc23)C1. The van der Waals surface area contributed by atoms with Gasteiger partial charge in [0.25, 0.3) is 0 Å². The fourth-order valence-corrected chi connectivity index (χ4v) is 4.05. The van der Waals surface area contributed by atoms with Crippen LogP contribution in [0.2, 0.25) is 0 Å². The number of nitrogens with zero attached hydrogens (tertiary/aromatic N) is 2. The van der Waals surface area contributed by atoms with Gasteiger partial charge in [-0.25, -0.2) is 0 Å². The number of para-hydroxylation sites is 2. The molecule has 0 bridgehead atoms. The molecule has 1 fully saturated rings. The number of hydrogen-bond acceptors (Lipinski definition) is 4. The minimum atomic E-state index is -0.237. The van der Waals surface area contributed by atoms with E-state index >= 15 is 0 Å². The van der Waals surface area contributed by atoms with Crippen LogP contribution in [-0.4, -0.2) is 34.8 Å². The molecule has 3 aromatic rings. The summed E-state index contributed by atoms with van der Waals surface area (Å²) in [5, 5.41) is 4.02. The van der Waals surface area contributed by atoms with Gasteiger partial charge in [0.1, 0.15) is 0 Å². The molecule has 0 radical (unpaired) electrons. The van der Waals surface area contributed by atoms with Crippen LogP contribution in [0.25, 0.3) is 17.0 Å². The first-order chi connectivity index (χ1) is 15.1. The van der Waals surface area contributed by atoms with E-state index in [4.69, 9.17) is 5.73 Å². The van der Waals surface area contributed by atoms with Crippen molar-refractivity contribution in [1.29, 1.82) is 0 Å². The molecule has 4 rings (SSSR count). The number of anilines is 1. The Labute approximate surface area is 181 Å². The third-order valence-corrected chi connectivity index (χ3v) is 5.66. The van der Waals surface area contributed by atoms with Gasteiger partial charge in [0.15, 0.2) is 0 Å². The van der Waals surface area contributed by atoms with E-state index in [0.29, 0.717) is 13.1 Å². The Morgan fingerprint density at radius 2 is 1.97 bits per heavy atom. The number of carbonyl (C=O) groups is 2. The summed E-state index contributed by atoms with van der Waals surface area (Å²) in [5.74, 6) is -0.541. The normalized spacial score (nSPS) is 17.1. The number of pyridine rings is 1. The molecule has 2 aromatic carbocycles. The molecule has 1 aliphatic rings. The van der Waals surface area contributed by atoms with E-state index in [1.807, 2.05) is 54.6 Å². The molecule has 0 aliphatic carbocycles. The van der Waals surface area contributed by atoms with E-state index in [-0.39, 0.29) is 17.7 Å². The molecular formula is C25H26N4O2. The maximum Gasteiger partial charge on any atom is 0.248 e. The fraction of sp³-hybridized carbons (Fsp3) is 0.240. The zero-order valence-electron chi connectivity index (χ0n) is 17.3. The summed E-state index contributed by atoms with van der Waals surface area (Å²) in [7, 11) is 0. The number of hydrogen-bond donors (Lipinski definition) is 2. The number of fused-ring (bicyclic) bond motifs is 1. The van der Waals surface area contributed by atoms with Gasteiger partial charge in [-0.2, -0.15) is 0 Å². The van der Waals surface area contributed by atoms with E-state index in [1.54, 1.807) is 12.3 Å². The zero-order valence-corrected chi connectivity index (χ0v) is 17.3. The third-order valence-electron chi connectivity index (χ3n) is 5.66. The molecule has 6 nitrogen and oxygen atoms in total. The van der Waals surface area contributed by atoms with Crippen molar-refractivity contribution in [2.45, 2.75) is 19.4 Å². The van der Waals surface area contributed by atoms with E-state index in [1.165, 1.54) is 6.08 Å². The molecule has 6 heteroatoms. The average molecular weight is 415 g/mol. The van der Waals surface area contributed by atoms with Gasteiger partial charge in [0.2, 0.25) is 11.8 Å². The molecule has 1 aliphatic heterocycles. The number of primary amides is 1. The lowest BCUT2D eigenvalue weighted by Gasteiger charge is -2.31. The first-order valence-electron chi connectivity index (χ1n) is 10.5. The van der Waals surface area contributed by atoms with Crippen LogP contribution in [-0.2, 0) is 16.1 Å². The lowest BCUT2D eigenvalue weighted by atomic mass is 9.97. The predicted octanol–water partition coefficient (Wildman–Crippen LogP) is 3.58. The van der Waals surface area contributed by atoms with Crippen molar-refractivity contribution in [1.82, 2.24) is 9.88 Å². The Hall–Kier alpha value is -3.51. The van der Waals surface area contributed by atoms with Gasteiger partial charge in [0.05, 0.1) is 11.4 Å². The summed E-state index contributed by atoms with van der Waals surface area (Å²) in [4.78, 5) is 30.8. The molecule has 2 heterocycles. The summed E-state index contributed by atoms with van der Waals surface area (Å²) in [5.41, 5.74) is 9.05. The quantitative estimate of drug-likeness (QED) is 0.604. The van der Waals surface area contributed by atoms with Crippen LogP contribution in [0.4, 0.5) is 5.69 Å². The van der Waals surface area contributed by atoms with Crippen molar-refractivity contribution in [2.24, 2.45) is 11.7 Å². The minimum Gasteiger partial charge on any atom is -0.369 e. The van der Waals surface area contributed by atoms with Crippen molar-refractivity contribution < 1.29 is 9.59 Å². The van der Waals surface area contributed by atoms with Crippen LogP contribution >= 0.6 is 0 Å². The average Bonchev–Trinajstić information content (AvgIpc) is 2.79. The lowest BCUT2D eigenvalue weighted by molar-refractivity contribution is -0.123. The first-order valence-corrected chi connectivity index (χ1v) is 10.5. The molecular weight excluding hydrogens is 388 g/mol. The van der Waals surface area contributed by atoms with Crippen molar-refractivity contribution in [3.8, 4) is 0 Å². The summed E-state index contributed by atoms with van der Waals surface area (Å²) >= 11 is 0. The second kappa shape index (κ2) is 9.53. The van der Waals surface area contributed by atoms with E-state index in [2.05, 4.69) is 15.2 Å². The first kappa shape index (κ1) is 20.8. The summed E-state index contributed by atoms with van der Waals surface area (Å²) < 4.78 is 0. The molecule has 1 saturated heterocycles. The van der Waals surface area contributed by atoms with Gasteiger partial charge < -0.3 is 11.1 Å². The van der Waals surface area contributed by atoms with Gasteiger partial charge in [-0.15, -0.1) is 0 Å². The summed E-state index contributed by atoms with van der Waals surface area (Å²) in [6, 6.07) is 17.6. The molecule has 0 spiro atoms. The molecule has 2 amide bonds. The Bertz CT molecular complexity index is 1120. The molecule has 1 unspecified atom stereocenters. The summed E-state index contributed by atoms with van der Waals surface area (Å²) in [6.07, 6.45) is 6.86. The van der Waals surface area contributed by atoms with Gasteiger partial charge in [-0.1, -0.05) is 42.5 Å². The van der Waals surface area contributed by atoms with Crippen molar-refractivity contribution in [2.75, 3.05) is 18.4 Å². The predicted molar refractivity (Wildman–Crippen MR) is 123 cm³/mol. The number of rotatable bonds is 6. The van der Waals surface area contributed by atoms with E-state index < -0.39 is 0 Å². The highest BCUT2D eigenvalue weighted by Crippen LogP contribution is 2.22. The Morgan fingerprint density at radius 3 is 2.84 bits per heavy atom. The van der Waals surface area contributed by atoms with Crippen LogP contribution < -0.4 is 11.1 Å². The van der Waals surface area contributed by atoms with Crippen LogP contribution in [0.1, 0.15) is 24.0 Å². The molecule has 3 N–H and O–H groups in total. The van der Waals surface area contributed by atoms with Crippen molar-refractivity contribution in [3.05, 3.63) is 78.0 Å². The summed E-state index contributed by atoms with van der Waals surface area (Å²) in [6.45, 7) is 2.24. The highest BCUT2D eigenvalue weighted by molar-refractivity contribution is 6.03. The van der Waals surface area contributed by atoms with Crippen LogP contribution in [0.15, 0.2) is 66.9 Å². The molecule has 1 atom stereocenters. The molecule has 158 valence electrons. The third kappa shape index (κ3) is 5.16. The Morgan fingerprint density at radius 1 is 1.13 bits per heavy atom. The number of nitrogens with one attached hydrogen (secondary N) is 1. The number of likely N-dealkylation sites (tertiary alicyclic amines) is 1. The molecule has 1 aromatic heterocycles. The Kier molecular flexibility index (Phi) is 6.38. The standard InChI is InChI=1S/C25H26N4O2/c26-25(31)21-10-5-15-29(17-21)16-20-6-1-2-11-22(20)28-23(30)13-12-19-8-3-7-18-9-4-14-27-24(18)19/h1-4,6-9,11-14,21H,5,10,15-17H2,(H2,26,31)(H,28,30)/b13-12+. The van der Waals surface area contributed by atoms with Crippen molar-refractivity contribution >= 4 is 34.5 Å². The maximum absolute atomic E-state index is 12.6. The number of benzene rings is 2.